The van der Waals surface area contributed by atoms with Gasteiger partial charge >= 0.3 is 5.97 Å². The lowest BCUT2D eigenvalue weighted by Crippen LogP contribution is -2.40. The maximum atomic E-state index is 11.4. The minimum Gasteiger partial charge on any atom is -0.618 e. The van der Waals surface area contributed by atoms with E-state index in [1.54, 1.807) is 6.92 Å². The van der Waals surface area contributed by atoms with Crippen molar-refractivity contribution in [1.29, 1.82) is 0 Å². The second kappa shape index (κ2) is 4.56. The molecule has 0 aromatic carbocycles. The summed E-state index contributed by atoms with van der Waals surface area (Å²) in [5, 5.41) is 21.9. The summed E-state index contributed by atoms with van der Waals surface area (Å²) >= 11 is 0. The highest BCUT2D eigenvalue weighted by molar-refractivity contribution is 5.94. The number of carboxylic acids is 1. The Morgan fingerprint density at radius 1 is 1.62 bits per heavy atom. The third-order valence-corrected chi connectivity index (χ3v) is 1.93. The first-order chi connectivity index (χ1) is 7.41. The molecule has 0 aliphatic heterocycles. The Kier molecular flexibility index (Phi) is 3.39. The van der Waals surface area contributed by atoms with Crippen molar-refractivity contribution in [3.8, 4) is 0 Å². The van der Waals surface area contributed by atoms with Crippen molar-refractivity contribution >= 4 is 11.9 Å². The van der Waals surface area contributed by atoms with Crippen LogP contribution >= 0.6 is 0 Å². The molecule has 1 aromatic rings. The highest BCUT2D eigenvalue weighted by Crippen LogP contribution is 1.93. The number of nitrogens with one attached hydrogen (secondary N) is 1. The van der Waals surface area contributed by atoms with E-state index >= 15 is 0 Å². The van der Waals surface area contributed by atoms with E-state index in [0.717, 1.165) is 6.20 Å². The maximum absolute atomic E-state index is 11.4. The molecule has 1 aromatic heterocycles. The highest BCUT2D eigenvalue weighted by atomic mass is 16.5. The molecule has 1 atom stereocenters. The molecule has 0 unspecified atom stereocenters. The van der Waals surface area contributed by atoms with Gasteiger partial charge in [0, 0.05) is 6.92 Å². The Hall–Kier alpha value is -2.18. The number of hydrogen-bond acceptors (Lipinski definition) is 4. The molecule has 1 heterocycles. The number of rotatable bonds is 3. The second-order valence-corrected chi connectivity index (χ2v) is 3.27. The number of carboxylic acid groups (broad SMARTS) is 1. The Bertz CT molecular complexity index is 433. The highest BCUT2D eigenvalue weighted by Gasteiger charge is 2.18. The Morgan fingerprint density at radius 2 is 2.25 bits per heavy atom. The molecule has 1 rings (SSSR count). The van der Waals surface area contributed by atoms with Crippen molar-refractivity contribution in [2.45, 2.75) is 19.9 Å². The third-order valence-electron chi connectivity index (χ3n) is 1.93. The number of aromatic nitrogens is 2. The molecular weight excluding hydrogens is 214 g/mol. The first-order valence-corrected chi connectivity index (χ1v) is 4.51. The molecule has 7 heteroatoms. The average molecular weight is 225 g/mol. The summed E-state index contributed by atoms with van der Waals surface area (Å²) in [6.07, 6.45) is 2.24. The number of aryl methyl sites for hydroxylation is 1. The molecule has 0 fully saturated rings. The molecule has 0 saturated carbocycles. The molecule has 86 valence electrons. The number of amides is 1. The predicted molar refractivity (Wildman–Crippen MR) is 52.5 cm³/mol. The summed E-state index contributed by atoms with van der Waals surface area (Å²) in [7, 11) is 0. The van der Waals surface area contributed by atoms with Gasteiger partial charge in [-0.1, -0.05) is 0 Å². The predicted octanol–water partition coefficient (Wildman–Crippen LogP) is -0.774. The molecule has 16 heavy (non-hydrogen) atoms. The summed E-state index contributed by atoms with van der Waals surface area (Å²) in [4.78, 5) is 25.6. The van der Waals surface area contributed by atoms with Crippen LogP contribution in [0.5, 0.6) is 0 Å². The standard InChI is InChI=1S/C9H11N3O4/c1-5-3-10-7(4-12(5)16)8(13)11-6(2)9(14)15/h3-4,6H,1-2H3,(H,11,13)(H,14,15)/t6-/m0/s1. The summed E-state index contributed by atoms with van der Waals surface area (Å²) in [5.74, 6) is -1.85. The Balaban J connectivity index is 2.81. The van der Waals surface area contributed by atoms with E-state index in [-0.39, 0.29) is 5.69 Å². The van der Waals surface area contributed by atoms with Crippen LogP contribution in [0.4, 0.5) is 0 Å². The van der Waals surface area contributed by atoms with Crippen molar-refractivity contribution < 1.29 is 19.4 Å². The molecular formula is C9H11N3O4. The summed E-state index contributed by atoms with van der Waals surface area (Å²) in [5.41, 5.74) is 0.233. The third kappa shape index (κ3) is 2.66. The van der Waals surface area contributed by atoms with Crippen LogP contribution in [0.2, 0.25) is 0 Å². The molecule has 2 N–H and O–H groups in total. The fourth-order valence-electron chi connectivity index (χ4n) is 0.916. The Labute approximate surface area is 91.3 Å². The van der Waals surface area contributed by atoms with E-state index < -0.39 is 17.9 Å². The van der Waals surface area contributed by atoms with Crippen LogP contribution in [-0.4, -0.2) is 28.0 Å². The molecule has 1 amide bonds. The van der Waals surface area contributed by atoms with Crippen LogP contribution < -0.4 is 10.0 Å². The topological polar surface area (TPSA) is 106 Å². The average Bonchev–Trinajstić information content (AvgIpc) is 2.21. The monoisotopic (exact) mass is 225 g/mol. The van der Waals surface area contributed by atoms with Crippen LogP contribution in [0.15, 0.2) is 12.4 Å². The number of carbonyl (C=O) groups excluding carboxylic acids is 1. The second-order valence-electron chi connectivity index (χ2n) is 3.27. The van der Waals surface area contributed by atoms with Crippen LogP contribution in [-0.2, 0) is 4.79 Å². The van der Waals surface area contributed by atoms with Gasteiger partial charge in [0.05, 0.1) is 6.20 Å². The largest absolute Gasteiger partial charge is 0.618 e. The zero-order valence-electron chi connectivity index (χ0n) is 8.80. The first-order valence-electron chi connectivity index (χ1n) is 4.51. The maximum Gasteiger partial charge on any atom is 0.325 e. The molecule has 0 spiro atoms. The van der Waals surface area contributed by atoms with E-state index in [2.05, 4.69) is 10.3 Å². The van der Waals surface area contributed by atoms with Gasteiger partial charge in [-0.25, -0.2) is 4.98 Å². The van der Waals surface area contributed by atoms with Gasteiger partial charge in [-0.05, 0) is 6.92 Å². The van der Waals surface area contributed by atoms with Gasteiger partial charge in [-0.15, -0.1) is 0 Å². The smallest absolute Gasteiger partial charge is 0.325 e. The van der Waals surface area contributed by atoms with Crippen LogP contribution in [0.1, 0.15) is 23.1 Å². The quantitative estimate of drug-likeness (QED) is 0.518. The number of nitrogens with zero attached hydrogens (tertiary/aromatic N) is 2. The lowest BCUT2D eigenvalue weighted by atomic mass is 10.3. The summed E-state index contributed by atoms with van der Waals surface area (Å²) < 4.78 is 0.493. The van der Waals surface area contributed by atoms with Gasteiger partial charge in [-0.3, -0.25) is 9.59 Å². The normalized spacial score (nSPS) is 11.9. The van der Waals surface area contributed by atoms with Crippen LogP contribution in [0.25, 0.3) is 0 Å². The minimum absolute atomic E-state index is 0.117. The van der Waals surface area contributed by atoms with Gasteiger partial charge in [0.25, 0.3) is 5.91 Å². The molecule has 0 saturated heterocycles. The van der Waals surface area contributed by atoms with Crippen molar-refractivity contribution in [2.24, 2.45) is 0 Å². The summed E-state index contributed by atoms with van der Waals surface area (Å²) in [6.45, 7) is 2.86. The van der Waals surface area contributed by atoms with Gasteiger partial charge in [0.15, 0.2) is 5.69 Å². The van der Waals surface area contributed by atoms with Gasteiger partial charge in [-0.2, -0.15) is 4.73 Å². The van der Waals surface area contributed by atoms with Crippen LogP contribution in [0.3, 0.4) is 0 Å². The number of hydrogen-bond donors (Lipinski definition) is 2. The van der Waals surface area contributed by atoms with Crippen LogP contribution in [0, 0.1) is 12.1 Å². The number of aliphatic carboxylic acids is 1. The fraction of sp³-hybridized carbons (Fsp3) is 0.333. The molecule has 0 aliphatic rings. The zero-order valence-corrected chi connectivity index (χ0v) is 8.80. The minimum atomic E-state index is -1.16. The van der Waals surface area contributed by atoms with E-state index in [1.807, 2.05) is 0 Å². The van der Waals surface area contributed by atoms with Crippen molar-refractivity contribution in [1.82, 2.24) is 10.3 Å². The zero-order chi connectivity index (χ0) is 12.3. The lowest BCUT2D eigenvalue weighted by Gasteiger charge is -2.08. The lowest BCUT2D eigenvalue weighted by molar-refractivity contribution is -0.613. The van der Waals surface area contributed by atoms with Crippen molar-refractivity contribution in [3.05, 3.63) is 29.0 Å². The van der Waals surface area contributed by atoms with E-state index in [4.69, 9.17) is 5.11 Å². The van der Waals surface area contributed by atoms with E-state index in [1.165, 1.54) is 13.1 Å². The molecule has 0 radical (unpaired) electrons. The fourth-order valence-corrected chi connectivity index (χ4v) is 0.916. The molecule has 7 nitrogen and oxygen atoms in total. The van der Waals surface area contributed by atoms with Gasteiger partial charge in [0.2, 0.25) is 11.9 Å². The van der Waals surface area contributed by atoms with Crippen molar-refractivity contribution in [2.75, 3.05) is 0 Å². The molecule has 0 bridgehead atoms. The SMILES string of the molecule is Cc1cnc(C(=O)N[C@@H](C)C(=O)O)c[n+]1[O-]. The van der Waals surface area contributed by atoms with Gasteiger partial charge < -0.3 is 15.6 Å². The van der Waals surface area contributed by atoms with E-state index in [9.17, 15) is 14.8 Å². The van der Waals surface area contributed by atoms with Gasteiger partial charge in [0.1, 0.15) is 6.04 Å². The van der Waals surface area contributed by atoms with Crippen molar-refractivity contribution in [3.63, 3.8) is 0 Å². The summed E-state index contributed by atoms with van der Waals surface area (Å²) in [6, 6.07) is -1.03. The molecule has 0 aliphatic carbocycles. The van der Waals surface area contributed by atoms with E-state index in [0.29, 0.717) is 10.4 Å². The first kappa shape index (κ1) is 11.9. The Morgan fingerprint density at radius 3 is 2.75 bits per heavy atom. The number of carbonyl (C=O) groups is 2.